The van der Waals surface area contributed by atoms with Gasteiger partial charge in [-0.15, -0.1) is 0 Å². The van der Waals surface area contributed by atoms with E-state index in [2.05, 4.69) is 10.5 Å². The third-order valence-corrected chi connectivity index (χ3v) is 7.33. The molecule has 1 amide bonds. The molecule has 2 aromatic carbocycles. The molecule has 0 aliphatic carbocycles. The lowest BCUT2D eigenvalue weighted by atomic mass is 10.1. The summed E-state index contributed by atoms with van der Waals surface area (Å²) in [4.78, 5) is 12.7. The maximum Gasteiger partial charge on any atom is 0.251 e. The molecule has 168 valence electrons. The molecule has 0 spiro atoms. The first-order valence-corrected chi connectivity index (χ1v) is 11.9. The Kier molecular flexibility index (Phi) is 6.57. The molecule has 0 radical (unpaired) electrons. The Hall–Kier alpha value is -3.17. The Balaban J connectivity index is 1.38. The molecule has 9 heteroatoms. The second-order valence-electron chi connectivity index (χ2n) is 7.59. The van der Waals surface area contributed by atoms with Crippen LogP contribution in [0.2, 0.25) is 0 Å². The number of piperidine rings is 1. The molecule has 8 nitrogen and oxygen atoms in total. The standard InChI is InChI=1S/C23H25N3O5S/c1-30-20-7-5-6-18(14-20)22-15-19(25-31-22)16-24-23(27)17-8-10-21(11-9-17)32(28,29)26-12-3-2-4-13-26/h5-11,14-15H,2-4,12-13,16H2,1H3,(H,24,27). The van der Waals surface area contributed by atoms with E-state index in [4.69, 9.17) is 9.26 Å². The van der Waals surface area contributed by atoms with Gasteiger partial charge in [-0.05, 0) is 49.2 Å². The summed E-state index contributed by atoms with van der Waals surface area (Å²) in [6.45, 7) is 1.26. The monoisotopic (exact) mass is 455 g/mol. The van der Waals surface area contributed by atoms with Gasteiger partial charge in [0.1, 0.15) is 11.4 Å². The van der Waals surface area contributed by atoms with Gasteiger partial charge >= 0.3 is 0 Å². The van der Waals surface area contributed by atoms with E-state index >= 15 is 0 Å². The Bertz CT molecular complexity index is 1180. The fraction of sp³-hybridized carbons (Fsp3) is 0.304. The lowest BCUT2D eigenvalue weighted by Crippen LogP contribution is -2.35. The minimum Gasteiger partial charge on any atom is -0.497 e. The number of methoxy groups -OCH3 is 1. The smallest absolute Gasteiger partial charge is 0.251 e. The van der Waals surface area contributed by atoms with Crippen LogP contribution in [0.25, 0.3) is 11.3 Å². The van der Waals surface area contributed by atoms with Gasteiger partial charge in [0, 0.05) is 30.3 Å². The number of nitrogens with one attached hydrogen (secondary N) is 1. The van der Waals surface area contributed by atoms with Crippen molar-refractivity contribution in [2.45, 2.75) is 30.7 Å². The van der Waals surface area contributed by atoms with Crippen LogP contribution in [-0.2, 0) is 16.6 Å². The highest BCUT2D eigenvalue weighted by atomic mass is 32.2. The molecule has 1 aliphatic rings. The van der Waals surface area contributed by atoms with Crippen molar-refractivity contribution < 1.29 is 22.5 Å². The van der Waals surface area contributed by atoms with Crippen molar-refractivity contribution in [1.82, 2.24) is 14.8 Å². The molecule has 1 aromatic heterocycles. The summed E-state index contributed by atoms with van der Waals surface area (Å²) >= 11 is 0. The first-order valence-electron chi connectivity index (χ1n) is 10.5. The summed E-state index contributed by atoms with van der Waals surface area (Å²) in [5, 5.41) is 6.77. The van der Waals surface area contributed by atoms with Gasteiger partial charge in [-0.2, -0.15) is 4.31 Å². The second-order valence-corrected chi connectivity index (χ2v) is 9.52. The van der Waals surface area contributed by atoms with Crippen molar-refractivity contribution in [3.8, 4) is 17.1 Å². The van der Waals surface area contributed by atoms with Crippen LogP contribution in [0.3, 0.4) is 0 Å². The molecule has 0 bridgehead atoms. The number of amides is 1. The minimum absolute atomic E-state index is 0.181. The maximum absolute atomic E-state index is 12.7. The van der Waals surface area contributed by atoms with Crippen LogP contribution >= 0.6 is 0 Å². The fourth-order valence-electron chi connectivity index (χ4n) is 3.61. The van der Waals surface area contributed by atoms with Crippen LogP contribution in [-0.4, -0.2) is 44.0 Å². The summed E-state index contributed by atoms with van der Waals surface area (Å²) in [5.41, 5.74) is 1.76. The number of ether oxygens (including phenoxy) is 1. The summed E-state index contributed by atoms with van der Waals surface area (Å²) < 4.78 is 37.6. The third-order valence-electron chi connectivity index (χ3n) is 5.41. The predicted molar refractivity (Wildman–Crippen MR) is 119 cm³/mol. The molecule has 1 N–H and O–H groups in total. The molecule has 4 rings (SSSR count). The zero-order chi connectivity index (χ0) is 22.6. The number of aromatic nitrogens is 1. The van der Waals surface area contributed by atoms with Gasteiger partial charge in [0.05, 0.1) is 18.6 Å². The number of hydrogen-bond acceptors (Lipinski definition) is 6. The Morgan fingerprint density at radius 3 is 2.56 bits per heavy atom. The highest BCUT2D eigenvalue weighted by Gasteiger charge is 2.26. The van der Waals surface area contributed by atoms with E-state index in [1.54, 1.807) is 13.2 Å². The zero-order valence-electron chi connectivity index (χ0n) is 17.8. The van der Waals surface area contributed by atoms with Crippen LogP contribution in [0.4, 0.5) is 0 Å². The number of rotatable bonds is 7. The number of carbonyl (C=O) groups excluding carboxylic acids is 1. The maximum atomic E-state index is 12.7. The summed E-state index contributed by atoms with van der Waals surface area (Å²) in [7, 11) is -1.92. The number of sulfonamides is 1. The molecule has 0 saturated carbocycles. The highest BCUT2D eigenvalue weighted by Crippen LogP contribution is 2.24. The molecular formula is C23H25N3O5S. The van der Waals surface area contributed by atoms with Crippen molar-refractivity contribution >= 4 is 15.9 Å². The third kappa shape index (κ3) is 4.84. The normalized spacial score (nSPS) is 14.8. The summed E-state index contributed by atoms with van der Waals surface area (Å²) in [6, 6.07) is 15.2. The van der Waals surface area contributed by atoms with Gasteiger partial charge in [0.2, 0.25) is 10.0 Å². The predicted octanol–water partition coefficient (Wildman–Crippen LogP) is 3.45. The molecule has 32 heavy (non-hydrogen) atoms. The lowest BCUT2D eigenvalue weighted by Gasteiger charge is -2.25. The van der Waals surface area contributed by atoms with Crippen molar-refractivity contribution in [3.63, 3.8) is 0 Å². The molecule has 1 aliphatic heterocycles. The van der Waals surface area contributed by atoms with Gasteiger partial charge in [-0.1, -0.05) is 23.7 Å². The summed E-state index contributed by atoms with van der Waals surface area (Å²) in [5.74, 6) is 0.956. The van der Waals surface area contributed by atoms with Gasteiger partial charge in [-0.3, -0.25) is 4.79 Å². The Morgan fingerprint density at radius 1 is 1.09 bits per heavy atom. The van der Waals surface area contributed by atoms with Crippen molar-refractivity contribution in [2.75, 3.05) is 20.2 Å². The number of benzene rings is 2. The van der Waals surface area contributed by atoms with Crippen molar-refractivity contribution in [3.05, 3.63) is 65.9 Å². The van der Waals surface area contributed by atoms with Gasteiger partial charge in [0.25, 0.3) is 5.91 Å². The summed E-state index contributed by atoms with van der Waals surface area (Å²) in [6.07, 6.45) is 2.81. The average molecular weight is 456 g/mol. The quantitative estimate of drug-likeness (QED) is 0.585. The van der Waals surface area contributed by atoms with Crippen LogP contribution in [0.1, 0.15) is 35.3 Å². The van der Waals surface area contributed by atoms with Crippen LogP contribution in [0, 0.1) is 0 Å². The first-order chi connectivity index (χ1) is 15.5. The second kappa shape index (κ2) is 9.54. The van der Waals surface area contributed by atoms with E-state index in [1.807, 2.05) is 24.3 Å². The topological polar surface area (TPSA) is 102 Å². The number of hydrogen-bond donors (Lipinski definition) is 1. The largest absolute Gasteiger partial charge is 0.497 e. The first kappa shape index (κ1) is 22.0. The Morgan fingerprint density at radius 2 is 1.84 bits per heavy atom. The average Bonchev–Trinajstić information content (AvgIpc) is 3.32. The molecule has 1 saturated heterocycles. The number of carbonyl (C=O) groups is 1. The molecule has 2 heterocycles. The van der Waals surface area contributed by atoms with Gasteiger partial charge < -0.3 is 14.6 Å². The van der Waals surface area contributed by atoms with Crippen LogP contribution in [0.5, 0.6) is 5.75 Å². The van der Waals surface area contributed by atoms with Crippen LogP contribution < -0.4 is 10.1 Å². The zero-order valence-corrected chi connectivity index (χ0v) is 18.6. The molecule has 1 fully saturated rings. The number of nitrogens with zero attached hydrogens (tertiary/aromatic N) is 2. The van der Waals surface area contributed by atoms with E-state index in [1.165, 1.54) is 28.6 Å². The van der Waals surface area contributed by atoms with Gasteiger partial charge in [0.15, 0.2) is 5.76 Å². The molecule has 0 unspecified atom stereocenters. The van der Waals surface area contributed by atoms with Crippen molar-refractivity contribution in [1.29, 1.82) is 0 Å². The van der Waals surface area contributed by atoms with Crippen LogP contribution in [0.15, 0.2) is 64.0 Å². The molecule has 3 aromatic rings. The van der Waals surface area contributed by atoms with E-state index in [-0.39, 0.29) is 17.3 Å². The van der Waals surface area contributed by atoms with Crippen molar-refractivity contribution in [2.24, 2.45) is 0 Å². The van der Waals surface area contributed by atoms with E-state index in [0.717, 1.165) is 24.8 Å². The lowest BCUT2D eigenvalue weighted by molar-refractivity contribution is 0.0950. The SMILES string of the molecule is COc1cccc(-c2cc(CNC(=O)c3ccc(S(=O)(=O)N4CCCCC4)cc3)no2)c1. The van der Waals surface area contributed by atoms with Gasteiger partial charge in [-0.25, -0.2) is 8.42 Å². The highest BCUT2D eigenvalue weighted by molar-refractivity contribution is 7.89. The van der Waals surface area contributed by atoms with E-state index < -0.39 is 10.0 Å². The fourth-order valence-corrected chi connectivity index (χ4v) is 5.13. The Labute approximate surface area is 187 Å². The molecule has 0 atom stereocenters. The van der Waals surface area contributed by atoms with E-state index in [0.29, 0.717) is 35.9 Å². The molecular weight excluding hydrogens is 430 g/mol. The van der Waals surface area contributed by atoms with E-state index in [9.17, 15) is 13.2 Å². The minimum atomic E-state index is -3.52.